The van der Waals surface area contributed by atoms with Gasteiger partial charge in [0.15, 0.2) is 0 Å². The van der Waals surface area contributed by atoms with Gasteiger partial charge in [-0.2, -0.15) is 5.10 Å². The van der Waals surface area contributed by atoms with Crippen molar-refractivity contribution >= 4 is 15.9 Å². The first kappa shape index (κ1) is 18.4. The monoisotopic (exact) mass is 368 g/mol. The highest BCUT2D eigenvalue weighted by atomic mass is 32.2. The quantitative estimate of drug-likeness (QED) is 0.812. The summed E-state index contributed by atoms with van der Waals surface area (Å²) in [4.78, 5) is 14.9. The van der Waals surface area contributed by atoms with Crippen LogP contribution in [0.3, 0.4) is 0 Å². The zero-order valence-corrected chi connectivity index (χ0v) is 16.3. The summed E-state index contributed by atoms with van der Waals surface area (Å²) in [6.07, 6.45) is 4.16. The van der Waals surface area contributed by atoms with Gasteiger partial charge < -0.3 is 4.90 Å². The number of carbonyl (C=O) groups excluding carboxylic acids is 1. The smallest absolute Gasteiger partial charge is 0.272 e. The van der Waals surface area contributed by atoms with Crippen molar-refractivity contribution in [2.45, 2.75) is 51.5 Å². The fraction of sp³-hybridized carbons (Fsp3) is 0.765. The van der Waals surface area contributed by atoms with Crippen molar-refractivity contribution in [2.75, 3.05) is 32.4 Å². The second-order valence-electron chi connectivity index (χ2n) is 8.12. The topological polar surface area (TPSA) is 75.5 Å². The van der Waals surface area contributed by atoms with Crippen molar-refractivity contribution in [1.82, 2.24) is 19.0 Å². The Hall–Kier alpha value is -1.41. The molecule has 1 aliphatic carbocycles. The van der Waals surface area contributed by atoms with Crippen LogP contribution in [0.25, 0.3) is 0 Å². The summed E-state index contributed by atoms with van der Waals surface area (Å²) < 4.78 is 26.8. The van der Waals surface area contributed by atoms with E-state index < -0.39 is 10.0 Å². The zero-order chi connectivity index (χ0) is 18.4. The van der Waals surface area contributed by atoms with Crippen LogP contribution in [0.4, 0.5) is 0 Å². The Morgan fingerprint density at radius 1 is 1.16 bits per heavy atom. The SMILES string of the molecule is CC(C)(C)n1nc(C2CC2)cc1C(=O)N1CCCN(S(C)(=O)=O)CC1. The Kier molecular flexibility index (Phi) is 4.70. The molecule has 0 N–H and O–H groups in total. The minimum atomic E-state index is -3.22. The van der Waals surface area contributed by atoms with Gasteiger partial charge in [0.05, 0.1) is 17.5 Å². The molecule has 1 saturated heterocycles. The summed E-state index contributed by atoms with van der Waals surface area (Å²) in [5, 5.41) is 4.70. The Morgan fingerprint density at radius 3 is 2.40 bits per heavy atom. The molecule has 2 aliphatic rings. The summed E-state index contributed by atoms with van der Waals surface area (Å²) in [7, 11) is -3.22. The average Bonchev–Trinajstić information content (AvgIpc) is 3.27. The van der Waals surface area contributed by atoms with Crippen LogP contribution in [0, 0.1) is 0 Å². The third kappa shape index (κ3) is 4.06. The lowest BCUT2D eigenvalue weighted by molar-refractivity contribution is 0.0743. The van der Waals surface area contributed by atoms with Gasteiger partial charge in [0, 0.05) is 32.1 Å². The van der Waals surface area contributed by atoms with Crippen molar-refractivity contribution < 1.29 is 13.2 Å². The lowest BCUT2D eigenvalue weighted by Crippen LogP contribution is -2.39. The highest BCUT2D eigenvalue weighted by molar-refractivity contribution is 7.88. The molecule has 2 heterocycles. The van der Waals surface area contributed by atoms with E-state index in [1.54, 1.807) is 4.90 Å². The number of hydrogen-bond acceptors (Lipinski definition) is 4. The molecule has 0 radical (unpaired) electrons. The van der Waals surface area contributed by atoms with E-state index in [0.29, 0.717) is 44.2 Å². The lowest BCUT2D eigenvalue weighted by Gasteiger charge is -2.25. The van der Waals surface area contributed by atoms with E-state index in [9.17, 15) is 13.2 Å². The van der Waals surface area contributed by atoms with Gasteiger partial charge in [0.2, 0.25) is 10.0 Å². The van der Waals surface area contributed by atoms with Gasteiger partial charge in [-0.05, 0) is 46.1 Å². The van der Waals surface area contributed by atoms with E-state index in [-0.39, 0.29) is 11.4 Å². The first-order valence-corrected chi connectivity index (χ1v) is 10.8. The van der Waals surface area contributed by atoms with Crippen molar-refractivity contribution in [3.63, 3.8) is 0 Å². The Labute approximate surface area is 150 Å². The average molecular weight is 369 g/mol. The van der Waals surface area contributed by atoms with Crippen LogP contribution < -0.4 is 0 Å². The molecule has 1 aromatic rings. The molecule has 1 saturated carbocycles. The highest BCUT2D eigenvalue weighted by Gasteiger charge is 2.33. The molecule has 0 atom stereocenters. The van der Waals surface area contributed by atoms with Crippen LogP contribution in [0.15, 0.2) is 6.07 Å². The van der Waals surface area contributed by atoms with Gasteiger partial charge in [0.25, 0.3) is 5.91 Å². The van der Waals surface area contributed by atoms with E-state index in [1.807, 2.05) is 31.5 Å². The van der Waals surface area contributed by atoms with E-state index in [4.69, 9.17) is 5.10 Å². The number of nitrogens with zero attached hydrogens (tertiary/aromatic N) is 4. The van der Waals surface area contributed by atoms with Crippen molar-refractivity contribution in [2.24, 2.45) is 0 Å². The van der Waals surface area contributed by atoms with Gasteiger partial charge in [-0.15, -0.1) is 0 Å². The molecule has 0 unspecified atom stereocenters. The molecule has 25 heavy (non-hydrogen) atoms. The predicted octanol–water partition coefficient (Wildman–Crippen LogP) is 1.62. The summed E-state index contributed by atoms with van der Waals surface area (Å²) in [5.74, 6) is 0.435. The number of carbonyl (C=O) groups is 1. The molecule has 1 aliphatic heterocycles. The molecule has 1 aromatic heterocycles. The van der Waals surface area contributed by atoms with E-state index in [0.717, 1.165) is 18.5 Å². The summed E-state index contributed by atoms with van der Waals surface area (Å²) in [6, 6.07) is 1.93. The van der Waals surface area contributed by atoms with Crippen LogP contribution in [0.5, 0.6) is 0 Å². The first-order chi connectivity index (χ1) is 11.6. The van der Waals surface area contributed by atoms with Gasteiger partial charge >= 0.3 is 0 Å². The maximum atomic E-state index is 13.1. The van der Waals surface area contributed by atoms with Gasteiger partial charge in [-0.1, -0.05) is 0 Å². The van der Waals surface area contributed by atoms with Crippen LogP contribution in [-0.2, 0) is 15.6 Å². The molecule has 8 heteroatoms. The van der Waals surface area contributed by atoms with E-state index in [2.05, 4.69) is 0 Å². The van der Waals surface area contributed by atoms with E-state index >= 15 is 0 Å². The second kappa shape index (κ2) is 6.39. The molecule has 140 valence electrons. The van der Waals surface area contributed by atoms with Crippen LogP contribution in [-0.4, -0.2) is 65.7 Å². The van der Waals surface area contributed by atoms with Crippen LogP contribution >= 0.6 is 0 Å². The van der Waals surface area contributed by atoms with Crippen molar-refractivity contribution in [1.29, 1.82) is 0 Å². The highest BCUT2D eigenvalue weighted by Crippen LogP contribution is 2.40. The largest absolute Gasteiger partial charge is 0.336 e. The predicted molar refractivity (Wildman–Crippen MR) is 96.1 cm³/mol. The summed E-state index contributed by atoms with van der Waals surface area (Å²) in [6.45, 7) is 7.93. The Morgan fingerprint density at radius 2 is 1.84 bits per heavy atom. The molecule has 1 amide bonds. The molecule has 0 bridgehead atoms. The normalized spacial score (nSPS) is 20.6. The van der Waals surface area contributed by atoms with Gasteiger partial charge in [-0.3, -0.25) is 9.48 Å². The van der Waals surface area contributed by atoms with Crippen LogP contribution in [0.1, 0.15) is 62.1 Å². The standard InChI is InChI=1S/C17H28N4O3S/c1-17(2,3)21-15(12-14(18-21)13-6-7-13)16(22)19-8-5-9-20(11-10-19)25(4,23)24/h12-13H,5-11H2,1-4H3. The summed E-state index contributed by atoms with van der Waals surface area (Å²) >= 11 is 0. The zero-order valence-electron chi connectivity index (χ0n) is 15.5. The summed E-state index contributed by atoms with van der Waals surface area (Å²) in [5.41, 5.74) is 1.34. The number of rotatable bonds is 3. The fourth-order valence-electron chi connectivity index (χ4n) is 3.23. The third-order valence-electron chi connectivity index (χ3n) is 4.79. The number of sulfonamides is 1. The lowest BCUT2D eigenvalue weighted by atomic mass is 10.1. The molecule has 2 fully saturated rings. The fourth-order valence-corrected chi connectivity index (χ4v) is 4.11. The Balaban J connectivity index is 1.83. The number of hydrogen-bond donors (Lipinski definition) is 0. The molecular formula is C17H28N4O3S. The number of amides is 1. The first-order valence-electron chi connectivity index (χ1n) is 8.92. The molecule has 0 aromatic carbocycles. The number of aromatic nitrogens is 2. The second-order valence-corrected chi connectivity index (χ2v) is 10.1. The van der Waals surface area contributed by atoms with Crippen molar-refractivity contribution in [3.05, 3.63) is 17.5 Å². The maximum absolute atomic E-state index is 13.1. The van der Waals surface area contributed by atoms with Crippen molar-refractivity contribution in [3.8, 4) is 0 Å². The molecular weight excluding hydrogens is 340 g/mol. The molecule has 0 spiro atoms. The van der Waals surface area contributed by atoms with Gasteiger partial charge in [0.1, 0.15) is 5.69 Å². The molecule has 3 rings (SSSR count). The minimum Gasteiger partial charge on any atom is -0.336 e. The Bertz CT molecular complexity index is 759. The maximum Gasteiger partial charge on any atom is 0.272 e. The minimum absolute atomic E-state index is 0.0512. The van der Waals surface area contributed by atoms with Crippen LogP contribution in [0.2, 0.25) is 0 Å². The van der Waals surface area contributed by atoms with Gasteiger partial charge in [-0.25, -0.2) is 12.7 Å². The third-order valence-corrected chi connectivity index (χ3v) is 6.09. The molecule has 7 nitrogen and oxygen atoms in total. The van der Waals surface area contributed by atoms with E-state index in [1.165, 1.54) is 10.6 Å².